The number of hydrogen-bond acceptors (Lipinski definition) is 7. The number of rotatable bonds is 8. The number of nitrogens with one attached hydrogen (secondary N) is 1. The van der Waals surface area contributed by atoms with E-state index in [0.717, 1.165) is 50.5 Å². The van der Waals surface area contributed by atoms with Crippen molar-refractivity contribution in [3.8, 4) is 5.69 Å². The number of piperidine rings is 1. The minimum atomic E-state index is 0.0977. The lowest BCUT2D eigenvalue weighted by Crippen LogP contribution is -2.39. The van der Waals surface area contributed by atoms with Crippen molar-refractivity contribution in [3.05, 3.63) is 43.0 Å². The van der Waals surface area contributed by atoms with Crippen LogP contribution in [0, 0.1) is 5.92 Å². The number of amides is 1. The topological polar surface area (TPSA) is 107 Å². The van der Waals surface area contributed by atoms with Gasteiger partial charge in [0.15, 0.2) is 0 Å². The van der Waals surface area contributed by atoms with E-state index in [2.05, 4.69) is 35.8 Å². The zero-order valence-electron chi connectivity index (χ0n) is 16.3. The third-order valence-corrected chi connectivity index (χ3v) is 5.20. The van der Waals surface area contributed by atoms with Crippen LogP contribution in [0.3, 0.4) is 0 Å². The van der Waals surface area contributed by atoms with E-state index in [-0.39, 0.29) is 5.91 Å². The lowest BCUT2D eigenvalue weighted by atomic mass is 9.97. The molecule has 1 amide bonds. The standard InChI is InChI=1S/C19H25N9O/c29-18(7-4-10-27-15-20-14-22-27)21-13-16-8-11-26(12-9-16)19-23-24-25-28(19)17-5-2-1-3-6-17/h1-3,5-6,14-16H,4,7-13H2,(H,21,29). The SMILES string of the molecule is O=C(CCCn1cncn1)NCC1CCN(c2nnnn2-c2ccccc2)CC1. The van der Waals surface area contributed by atoms with Gasteiger partial charge >= 0.3 is 0 Å². The molecule has 29 heavy (non-hydrogen) atoms. The number of carbonyl (C=O) groups excluding carboxylic acids is 1. The van der Waals surface area contributed by atoms with Crippen molar-refractivity contribution in [2.75, 3.05) is 24.5 Å². The molecule has 0 unspecified atom stereocenters. The van der Waals surface area contributed by atoms with Crippen LogP contribution in [0.25, 0.3) is 5.69 Å². The molecule has 3 heterocycles. The fourth-order valence-electron chi connectivity index (χ4n) is 3.55. The van der Waals surface area contributed by atoms with Crippen LogP contribution in [-0.4, -0.2) is 60.5 Å². The fraction of sp³-hybridized carbons (Fsp3) is 0.474. The van der Waals surface area contributed by atoms with Gasteiger partial charge in [0.1, 0.15) is 12.7 Å². The molecule has 1 saturated heterocycles. The summed E-state index contributed by atoms with van der Waals surface area (Å²) in [5.41, 5.74) is 0.952. The van der Waals surface area contributed by atoms with Crippen LogP contribution in [0.1, 0.15) is 25.7 Å². The van der Waals surface area contributed by atoms with Crippen molar-refractivity contribution in [3.63, 3.8) is 0 Å². The summed E-state index contributed by atoms with van der Waals surface area (Å²) in [4.78, 5) is 18.2. The van der Waals surface area contributed by atoms with Gasteiger partial charge in [0, 0.05) is 32.6 Å². The first-order valence-corrected chi connectivity index (χ1v) is 9.97. The van der Waals surface area contributed by atoms with Crippen LogP contribution in [0.2, 0.25) is 0 Å². The van der Waals surface area contributed by atoms with Crippen LogP contribution in [0.5, 0.6) is 0 Å². The Morgan fingerprint density at radius 2 is 2.00 bits per heavy atom. The van der Waals surface area contributed by atoms with E-state index in [1.807, 2.05) is 30.3 Å². The first-order valence-electron chi connectivity index (χ1n) is 9.97. The predicted octanol–water partition coefficient (Wildman–Crippen LogP) is 1.07. The maximum atomic E-state index is 12.1. The fourth-order valence-corrected chi connectivity index (χ4v) is 3.55. The van der Waals surface area contributed by atoms with Crippen molar-refractivity contribution in [2.24, 2.45) is 5.92 Å². The maximum Gasteiger partial charge on any atom is 0.250 e. The molecular weight excluding hydrogens is 370 g/mol. The smallest absolute Gasteiger partial charge is 0.250 e. The molecule has 0 radical (unpaired) electrons. The first-order chi connectivity index (χ1) is 14.3. The molecule has 0 spiro atoms. The van der Waals surface area contributed by atoms with E-state index in [4.69, 9.17) is 0 Å². The van der Waals surface area contributed by atoms with Gasteiger partial charge in [-0.25, -0.2) is 4.98 Å². The van der Waals surface area contributed by atoms with Crippen LogP contribution in [0.4, 0.5) is 5.95 Å². The van der Waals surface area contributed by atoms with Gasteiger partial charge in [-0.3, -0.25) is 9.48 Å². The minimum absolute atomic E-state index is 0.0977. The van der Waals surface area contributed by atoms with Gasteiger partial charge in [-0.15, -0.1) is 0 Å². The number of benzene rings is 1. The van der Waals surface area contributed by atoms with Crippen LogP contribution >= 0.6 is 0 Å². The summed E-state index contributed by atoms with van der Waals surface area (Å²) in [7, 11) is 0. The van der Waals surface area contributed by atoms with Gasteiger partial charge in [-0.1, -0.05) is 23.3 Å². The molecule has 2 aromatic heterocycles. The minimum Gasteiger partial charge on any atom is -0.356 e. The van der Waals surface area contributed by atoms with Gasteiger partial charge in [-0.05, 0) is 47.7 Å². The second-order valence-electron chi connectivity index (χ2n) is 7.22. The lowest BCUT2D eigenvalue weighted by Gasteiger charge is -2.32. The number of anilines is 1. The highest BCUT2D eigenvalue weighted by atomic mass is 16.1. The van der Waals surface area contributed by atoms with E-state index < -0.39 is 0 Å². The quantitative estimate of drug-likeness (QED) is 0.608. The summed E-state index contributed by atoms with van der Waals surface area (Å²) in [5, 5.41) is 19.3. The highest BCUT2D eigenvalue weighted by Crippen LogP contribution is 2.22. The van der Waals surface area contributed by atoms with E-state index in [9.17, 15) is 4.79 Å². The molecule has 10 heteroatoms. The third-order valence-electron chi connectivity index (χ3n) is 5.20. The Morgan fingerprint density at radius 1 is 1.17 bits per heavy atom. The molecule has 1 aliphatic heterocycles. The molecular formula is C19H25N9O. The third kappa shape index (κ3) is 4.95. The van der Waals surface area contributed by atoms with Crippen molar-refractivity contribution >= 4 is 11.9 Å². The first kappa shape index (κ1) is 19.0. The zero-order chi connectivity index (χ0) is 19.9. The molecule has 1 N–H and O–H groups in total. The Kier molecular flexibility index (Phi) is 6.08. The number of para-hydroxylation sites is 1. The average molecular weight is 395 g/mol. The molecule has 0 saturated carbocycles. The molecule has 10 nitrogen and oxygen atoms in total. The molecule has 152 valence electrons. The van der Waals surface area contributed by atoms with Crippen molar-refractivity contribution < 1.29 is 4.79 Å². The summed E-state index contributed by atoms with van der Waals surface area (Å²) in [5.74, 6) is 1.35. The molecule has 0 atom stereocenters. The molecule has 1 aromatic carbocycles. The molecule has 1 fully saturated rings. The maximum absolute atomic E-state index is 12.1. The molecule has 4 rings (SSSR count). The summed E-state index contributed by atoms with van der Waals surface area (Å²) in [6.07, 6.45) is 6.44. The van der Waals surface area contributed by atoms with E-state index in [0.29, 0.717) is 18.9 Å². The van der Waals surface area contributed by atoms with E-state index in [1.54, 1.807) is 15.7 Å². The van der Waals surface area contributed by atoms with Crippen molar-refractivity contribution in [2.45, 2.75) is 32.2 Å². The van der Waals surface area contributed by atoms with Gasteiger partial charge in [-0.2, -0.15) is 9.78 Å². The zero-order valence-corrected chi connectivity index (χ0v) is 16.3. The summed E-state index contributed by atoms with van der Waals surface area (Å²) < 4.78 is 3.52. The van der Waals surface area contributed by atoms with Gasteiger partial charge in [0.05, 0.1) is 5.69 Å². The van der Waals surface area contributed by atoms with Crippen molar-refractivity contribution in [1.82, 2.24) is 40.3 Å². The number of carbonyl (C=O) groups is 1. The second kappa shape index (κ2) is 9.26. The Balaban J connectivity index is 1.20. The summed E-state index contributed by atoms with van der Waals surface area (Å²) in [6, 6.07) is 9.90. The predicted molar refractivity (Wildman–Crippen MR) is 106 cm³/mol. The number of tetrazole rings is 1. The number of hydrogen-bond donors (Lipinski definition) is 1. The monoisotopic (exact) mass is 395 g/mol. The largest absolute Gasteiger partial charge is 0.356 e. The second-order valence-corrected chi connectivity index (χ2v) is 7.22. The lowest BCUT2D eigenvalue weighted by molar-refractivity contribution is -0.121. The molecule has 0 bridgehead atoms. The highest BCUT2D eigenvalue weighted by Gasteiger charge is 2.24. The number of nitrogens with zero attached hydrogens (tertiary/aromatic N) is 8. The van der Waals surface area contributed by atoms with Gasteiger partial charge in [0.2, 0.25) is 11.9 Å². The Morgan fingerprint density at radius 3 is 2.76 bits per heavy atom. The average Bonchev–Trinajstić information content (AvgIpc) is 3.45. The van der Waals surface area contributed by atoms with Crippen LogP contribution in [-0.2, 0) is 11.3 Å². The number of aryl methyl sites for hydroxylation is 1. The summed E-state index contributed by atoms with van der Waals surface area (Å²) in [6.45, 7) is 3.18. The number of aromatic nitrogens is 7. The summed E-state index contributed by atoms with van der Waals surface area (Å²) >= 11 is 0. The van der Waals surface area contributed by atoms with Gasteiger partial charge < -0.3 is 10.2 Å². The highest BCUT2D eigenvalue weighted by molar-refractivity contribution is 5.75. The Bertz CT molecular complexity index is 886. The molecule has 0 aliphatic carbocycles. The van der Waals surface area contributed by atoms with E-state index >= 15 is 0 Å². The molecule has 1 aliphatic rings. The van der Waals surface area contributed by atoms with E-state index in [1.165, 1.54) is 6.33 Å². The van der Waals surface area contributed by atoms with Gasteiger partial charge in [0.25, 0.3) is 0 Å². The Labute approximate surface area is 168 Å². The normalized spacial score (nSPS) is 14.8. The Hall–Kier alpha value is -3.30. The molecule has 3 aromatic rings. The van der Waals surface area contributed by atoms with Crippen LogP contribution in [0.15, 0.2) is 43.0 Å². The van der Waals surface area contributed by atoms with Crippen molar-refractivity contribution in [1.29, 1.82) is 0 Å². The van der Waals surface area contributed by atoms with Crippen LogP contribution < -0.4 is 10.2 Å².